The fourth-order valence-electron chi connectivity index (χ4n) is 3.38. The van der Waals surface area contributed by atoms with E-state index in [1.165, 1.54) is 5.56 Å². The maximum absolute atomic E-state index is 11.9. The summed E-state index contributed by atoms with van der Waals surface area (Å²) in [6.07, 6.45) is 0.658. The highest BCUT2D eigenvalue weighted by atomic mass is 16.5. The Morgan fingerprint density at radius 3 is 2.29 bits per heavy atom. The molecule has 1 amide bonds. The summed E-state index contributed by atoms with van der Waals surface area (Å²) in [6, 6.07) is 15.0. The highest BCUT2D eigenvalue weighted by Gasteiger charge is 2.15. The van der Waals surface area contributed by atoms with Gasteiger partial charge < -0.3 is 24.9 Å². The number of carboxylic acid groups (broad SMARTS) is 1. The van der Waals surface area contributed by atoms with E-state index in [1.54, 1.807) is 24.3 Å². The van der Waals surface area contributed by atoms with Gasteiger partial charge in [0.2, 0.25) is 0 Å². The Labute approximate surface area is 181 Å². The first-order valence-corrected chi connectivity index (χ1v) is 10.2. The van der Waals surface area contributed by atoms with Crippen molar-refractivity contribution in [1.29, 1.82) is 0 Å². The Balaban J connectivity index is 1.69. The number of rotatable bonds is 9. The molecule has 1 aromatic heterocycles. The summed E-state index contributed by atoms with van der Waals surface area (Å²) in [5, 5.41) is 9.64. The Kier molecular flexibility index (Phi) is 6.53. The lowest BCUT2D eigenvalue weighted by Gasteiger charge is -2.19. The summed E-state index contributed by atoms with van der Waals surface area (Å²) in [7, 11) is 0. The molecule has 164 valence electrons. The van der Waals surface area contributed by atoms with Crippen LogP contribution in [-0.4, -0.2) is 34.8 Å². The molecule has 0 bridgehead atoms. The summed E-state index contributed by atoms with van der Waals surface area (Å²) in [4.78, 5) is 22.7. The van der Waals surface area contributed by atoms with Gasteiger partial charge in [-0.1, -0.05) is 32.9 Å². The lowest BCUT2D eigenvalue weighted by molar-refractivity contribution is -0.139. The zero-order valence-electron chi connectivity index (χ0n) is 18.1. The largest absolute Gasteiger partial charge is 0.494 e. The smallest absolute Gasteiger partial charge is 0.341 e. The van der Waals surface area contributed by atoms with Crippen LogP contribution in [0.25, 0.3) is 10.9 Å². The number of aromatic nitrogens is 1. The standard InChI is InChI=1S/C24H28N2O5/c1-24(2,3)17-6-9-18(10-7-17)30-12-4-11-26-20-14-19(31-15-22(27)28)8-5-16(20)13-21(26)23(25)29/h5-10,13-14H,4,11-12,15H2,1-3H3,(H2,25,29)(H,27,28). The zero-order chi connectivity index (χ0) is 22.6. The van der Waals surface area contributed by atoms with E-state index in [9.17, 15) is 9.59 Å². The van der Waals surface area contributed by atoms with Crippen molar-refractivity contribution in [3.8, 4) is 11.5 Å². The van der Waals surface area contributed by atoms with Gasteiger partial charge in [0.15, 0.2) is 6.61 Å². The molecule has 3 aromatic rings. The second-order valence-corrected chi connectivity index (χ2v) is 8.42. The molecule has 0 fully saturated rings. The highest BCUT2D eigenvalue weighted by molar-refractivity contribution is 5.98. The average molecular weight is 424 g/mol. The van der Waals surface area contributed by atoms with Gasteiger partial charge in [-0.15, -0.1) is 0 Å². The molecule has 0 aliphatic rings. The molecule has 3 rings (SSSR count). The Bertz CT molecular complexity index is 1080. The quantitative estimate of drug-likeness (QED) is 0.506. The van der Waals surface area contributed by atoms with Crippen molar-refractivity contribution in [3.63, 3.8) is 0 Å². The molecule has 31 heavy (non-hydrogen) atoms. The Hall–Kier alpha value is -3.48. The van der Waals surface area contributed by atoms with Crippen molar-refractivity contribution in [3.05, 3.63) is 59.8 Å². The minimum absolute atomic E-state index is 0.0895. The number of benzene rings is 2. The van der Waals surface area contributed by atoms with Crippen LogP contribution in [0.3, 0.4) is 0 Å². The monoisotopic (exact) mass is 424 g/mol. The minimum atomic E-state index is -1.05. The molecule has 7 heteroatoms. The summed E-state index contributed by atoms with van der Waals surface area (Å²) in [5.41, 5.74) is 8.03. The molecular formula is C24H28N2O5. The van der Waals surface area contributed by atoms with Crippen LogP contribution >= 0.6 is 0 Å². The lowest BCUT2D eigenvalue weighted by Crippen LogP contribution is -2.17. The van der Waals surface area contributed by atoms with E-state index in [-0.39, 0.29) is 5.41 Å². The lowest BCUT2D eigenvalue weighted by atomic mass is 9.87. The highest BCUT2D eigenvalue weighted by Crippen LogP contribution is 2.26. The van der Waals surface area contributed by atoms with Crippen LogP contribution in [0.1, 0.15) is 43.2 Å². The first-order valence-electron chi connectivity index (χ1n) is 10.2. The van der Waals surface area contributed by atoms with Gasteiger partial charge in [-0.05, 0) is 47.7 Å². The molecule has 3 N–H and O–H groups in total. The first kappa shape index (κ1) is 22.2. The molecule has 0 aliphatic heterocycles. The third-order valence-electron chi connectivity index (χ3n) is 5.01. The zero-order valence-corrected chi connectivity index (χ0v) is 18.1. The van der Waals surface area contributed by atoms with E-state index in [4.69, 9.17) is 20.3 Å². The summed E-state index contributed by atoms with van der Waals surface area (Å²) < 4.78 is 12.9. The second-order valence-electron chi connectivity index (χ2n) is 8.42. The molecule has 7 nitrogen and oxygen atoms in total. The van der Waals surface area contributed by atoms with Crippen molar-refractivity contribution >= 4 is 22.8 Å². The van der Waals surface area contributed by atoms with Crippen molar-refractivity contribution < 1.29 is 24.2 Å². The maximum atomic E-state index is 11.9. The fraction of sp³-hybridized carbons (Fsp3) is 0.333. The van der Waals surface area contributed by atoms with Crippen LogP contribution < -0.4 is 15.2 Å². The summed E-state index contributed by atoms with van der Waals surface area (Å²) in [6.45, 7) is 7.05. The van der Waals surface area contributed by atoms with Crippen molar-refractivity contribution in [1.82, 2.24) is 4.57 Å². The number of aryl methyl sites for hydroxylation is 1. The van der Waals surface area contributed by atoms with Crippen LogP contribution in [-0.2, 0) is 16.8 Å². The normalized spacial score (nSPS) is 11.5. The van der Waals surface area contributed by atoms with E-state index in [0.29, 0.717) is 31.0 Å². The number of amides is 1. The van der Waals surface area contributed by atoms with Crippen LogP contribution in [0, 0.1) is 0 Å². The van der Waals surface area contributed by atoms with E-state index >= 15 is 0 Å². The Morgan fingerprint density at radius 2 is 1.68 bits per heavy atom. The van der Waals surface area contributed by atoms with E-state index in [1.807, 2.05) is 16.7 Å². The number of carbonyl (C=O) groups excluding carboxylic acids is 1. The van der Waals surface area contributed by atoms with Crippen LogP contribution in [0.5, 0.6) is 11.5 Å². The predicted octanol–water partition coefficient (Wildman–Crippen LogP) is 3.97. The fourth-order valence-corrected chi connectivity index (χ4v) is 3.38. The predicted molar refractivity (Wildman–Crippen MR) is 119 cm³/mol. The molecule has 0 radical (unpaired) electrons. The van der Waals surface area contributed by atoms with Crippen LogP contribution in [0.2, 0.25) is 0 Å². The topological polar surface area (TPSA) is 104 Å². The molecule has 0 saturated heterocycles. The number of nitrogens with zero attached hydrogens (tertiary/aromatic N) is 1. The van der Waals surface area contributed by atoms with Crippen LogP contribution in [0.15, 0.2) is 48.5 Å². The van der Waals surface area contributed by atoms with Crippen LogP contribution in [0.4, 0.5) is 0 Å². The molecule has 0 unspecified atom stereocenters. The van der Waals surface area contributed by atoms with E-state index < -0.39 is 18.5 Å². The van der Waals surface area contributed by atoms with Crippen molar-refractivity contribution in [2.75, 3.05) is 13.2 Å². The SMILES string of the molecule is CC(C)(C)c1ccc(OCCCn2c(C(N)=O)cc3ccc(OCC(=O)O)cc32)cc1. The van der Waals surface area contributed by atoms with E-state index in [2.05, 4.69) is 32.9 Å². The number of hydrogen-bond donors (Lipinski definition) is 2. The van der Waals surface area contributed by atoms with Crippen molar-refractivity contribution in [2.45, 2.75) is 39.2 Å². The van der Waals surface area contributed by atoms with Gasteiger partial charge in [0, 0.05) is 18.0 Å². The number of aliphatic carboxylic acids is 1. The maximum Gasteiger partial charge on any atom is 0.341 e. The average Bonchev–Trinajstić information content (AvgIpc) is 3.07. The molecule has 0 spiro atoms. The third kappa shape index (κ3) is 5.57. The molecule has 1 heterocycles. The number of ether oxygens (including phenoxy) is 2. The van der Waals surface area contributed by atoms with Gasteiger partial charge >= 0.3 is 5.97 Å². The van der Waals surface area contributed by atoms with Gasteiger partial charge in [-0.2, -0.15) is 0 Å². The van der Waals surface area contributed by atoms with Gasteiger partial charge in [-0.25, -0.2) is 4.79 Å². The number of carbonyl (C=O) groups is 2. The summed E-state index contributed by atoms with van der Waals surface area (Å²) in [5.74, 6) is -0.366. The first-order chi connectivity index (χ1) is 14.6. The molecule has 0 atom stereocenters. The third-order valence-corrected chi connectivity index (χ3v) is 5.01. The minimum Gasteiger partial charge on any atom is -0.494 e. The van der Waals surface area contributed by atoms with Gasteiger partial charge in [0.25, 0.3) is 5.91 Å². The number of hydrogen-bond acceptors (Lipinski definition) is 4. The summed E-state index contributed by atoms with van der Waals surface area (Å²) >= 11 is 0. The number of carboxylic acids is 1. The molecule has 0 saturated carbocycles. The van der Waals surface area contributed by atoms with Crippen molar-refractivity contribution in [2.24, 2.45) is 5.73 Å². The second kappa shape index (κ2) is 9.12. The Morgan fingerprint density at radius 1 is 1.00 bits per heavy atom. The number of nitrogens with two attached hydrogens (primary N) is 1. The molecule has 0 aliphatic carbocycles. The van der Waals surface area contributed by atoms with Gasteiger partial charge in [0.05, 0.1) is 12.1 Å². The number of primary amides is 1. The number of fused-ring (bicyclic) bond motifs is 1. The van der Waals surface area contributed by atoms with Gasteiger partial charge in [0.1, 0.15) is 17.2 Å². The van der Waals surface area contributed by atoms with E-state index in [0.717, 1.165) is 16.7 Å². The molecule has 2 aromatic carbocycles. The molecular weight excluding hydrogens is 396 g/mol. The van der Waals surface area contributed by atoms with Gasteiger partial charge in [-0.3, -0.25) is 4.79 Å².